The van der Waals surface area contributed by atoms with E-state index in [2.05, 4.69) is 16.0 Å². The minimum atomic E-state index is -0.249. The van der Waals surface area contributed by atoms with Gasteiger partial charge in [0.1, 0.15) is 0 Å². The molecule has 1 aliphatic heterocycles. The number of rotatable bonds is 6. The van der Waals surface area contributed by atoms with Crippen molar-refractivity contribution in [1.29, 1.82) is 0 Å². The number of amides is 3. The van der Waals surface area contributed by atoms with E-state index in [1.807, 2.05) is 48.5 Å². The summed E-state index contributed by atoms with van der Waals surface area (Å²) in [5.41, 5.74) is 1.40. The van der Waals surface area contributed by atoms with Crippen molar-refractivity contribution in [3.8, 4) is 0 Å². The van der Waals surface area contributed by atoms with Crippen LogP contribution < -0.4 is 16.0 Å². The van der Waals surface area contributed by atoms with Crippen LogP contribution in [0.5, 0.6) is 0 Å². The Balaban J connectivity index is 1.35. The van der Waals surface area contributed by atoms with E-state index < -0.39 is 0 Å². The molecule has 2 aromatic carbocycles. The maximum atomic E-state index is 12.1. The summed E-state index contributed by atoms with van der Waals surface area (Å²) in [4.78, 5) is 23.9. The van der Waals surface area contributed by atoms with Gasteiger partial charge in [-0.3, -0.25) is 4.79 Å². The van der Waals surface area contributed by atoms with Crippen molar-refractivity contribution in [1.82, 2.24) is 10.6 Å². The molecule has 6 heteroatoms. The van der Waals surface area contributed by atoms with E-state index in [0.29, 0.717) is 25.3 Å². The number of hydrogen-bond donors (Lipinski definition) is 3. The first-order valence-electron chi connectivity index (χ1n) is 8.75. The van der Waals surface area contributed by atoms with Crippen LogP contribution in [0.25, 0.3) is 0 Å². The minimum absolute atomic E-state index is 0.0323. The van der Waals surface area contributed by atoms with Gasteiger partial charge in [0.25, 0.3) is 5.91 Å². The Morgan fingerprint density at radius 3 is 2.35 bits per heavy atom. The fourth-order valence-electron chi connectivity index (χ4n) is 2.90. The van der Waals surface area contributed by atoms with Crippen molar-refractivity contribution < 1.29 is 14.3 Å². The van der Waals surface area contributed by atoms with Crippen LogP contribution >= 0.6 is 0 Å². The Morgan fingerprint density at radius 1 is 0.923 bits per heavy atom. The number of hydrogen-bond acceptors (Lipinski definition) is 3. The topological polar surface area (TPSA) is 79.5 Å². The third-order valence-electron chi connectivity index (χ3n) is 4.27. The number of carbonyl (C=O) groups is 2. The first kappa shape index (κ1) is 17.9. The summed E-state index contributed by atoms with van der Waals surface area (Å²) in [7, 11) is 0. The lowest BCUT2D eigenvalue weighted by atomic mass is 10.1. The smallest absolute Gasteiger partial charge is 0.319 e. The van der Waals surface area contributed by atoms with Gasteiger partial charge in [0.2, 0.25) is 0 Å². The Kier molecular flexibility index (Phi) is 6.22. The molecule has 2 aromatic rings. The van der Waals surface area contributed by atoms with Gasteiger partial charge in [0.05, 0.1) is 12.7 Å². The van der Waals surface area contributed by atoms with Gasteiger partial charge < -0.3 is 20.7 Å². The lowest BCUT2D eigenvalue weighted by Crippen LogP contribution is -2.35. The molecular weight excluding hydrogens is 330 g/mol. The summed E-state index contributed by atoms with van der Waals surface area (Å²) in [6.45, 7) is 1.60. The molecule has 1 saturated heterocycles. The Labute approximate surface area is 152 Å². The minimum Gasteiger partial charge on any atom is -0.376 e. The van der Waals surface area contributed by atoms with Gasteiger partial charge in [-0.2, -0.15) is 0 Å². The molecule has 0 aromatic heterocycles. The number of urea groups is 1. The Hall–Kier alpha value is -2.86. The Bertz CT molecular complexity index is 722. The average Bonchev–Trinajstić information content (AvgIpc) is 3.14. The fraction of sp³-hybridized carbons (Fsp3) is 0.300. The highest BCUT2D eigenvalue weighted by Gasteiger charge is 2.26. The van der Waals surface area contributed by atoms with E-state index in [-0.39, 0.29) is 24.0 Å². The monoisotopic (exact) mass is 353 g/mol. The van der Waals surface area contributed by atoms with Crippen LogP contribution in [0.15, 0.2) is 60.7 Å². The van der Waals surface area contributed by atoms with Crippen molar-refractivity contribution >= 4 is 17.6 Å². The van der Waals surface area contributed by atoms with Crippen molar-refractivity contribution in [3.05, 3.63) is 66.2 Å². The zero-order valence-electron chi connectivity index (χ0n) is 14.5. The van der Waals surface area contributed by atoms with Gasteiger partial charge in [-0.15, -0.1) is 0 Å². The van der Waals surface area contributed by atoms with E-state index >= 15 is 0 Å². The van der Waals surface area contributed by atoms with Crippen LogP contribution in [0.1, 0.15) is 16.8 Å². The standard InChI is InChI=1S/C20H23N3O3/c24-19(16-7-3-1-4-8-16)21-12-15-11-18(26-14-15)13-22-20(25)23-17-9-5-2-6-10-17/h1-10,15,18H,11-14H2,(H,21,24)(H2,22,23,25)/t15-,18+/m1/s1. The van der Waals surface area contributed by atoms with Crippen molar-refractivity contribution in [2.45, 2.75) is 12.5 Å². The Morgan fingerprint density at radius 2 is 1.62 bits per heavy atom. The van der Waals surface area contributed by atoms with Gasteiger partial charge in [0.15, 0.2) is 0 Å². The molecule has 0 unspecified atom stereocenters. The first-order valence-corrected chi connectivity index (χ1v) is 8.75. The maximum Gasteiger partial charge on any atom is 0.319 e. The molecule has 1 heterocycles. The predicted octanol–water partition coefficient (Wildman–Crippen LogP) is 2.64. The van der Waals surface area contributed by atoms with Crippen LogP contribution in [0.3, 0.4) is 0 Å². The second-order valence-corrected chi connectivity index (χ2v) is 6.33. The highest BCUT2D eigenvalue weighted by molar-refractivity contribution is 5.94. The number of anilines is 1. The van der Waals surface area contributed by atoms with Crippen LogP contribution in [-0.2, 0) is 4.74 Å². The number of carbonyl (C=O) groups excluding carboxylic acids is 2. The predicted molar refractivity (Wildman–Crippen MR) is 100 cm³/mol. The number of ether oxygens (including phenoxy) is 1. The zero-order valence-corrected chi connectivity index (χ0v) is 14.5. The normalized spacial score (nSPS) is 18.9. The fourth-order valence-corrected chi connectivity index (χ4v) is 2.90. The van der Waals surface area contributed by atoms with Gasteiger partial charge in [0, 0.05) is 30.3 Å². The summed E-state index contributed by atoms with van der Waals surface area (Å²) in [5.74, 6) is 0.182. The SMILES string of the molecule is O=C(NC[C@@H]1C[C@H](CNC(=O)c2ccccc2)CO1)Nc1ccccc1. The largest absolute Gasteiger partial charge is 0.376 e. The molecule has 0 saturated carbocycles. The van der Waals surface area contributed by atoms with Gasteiger partial charge in [-0.05, 0) is 30.7 Å². The van der Waals surface area contributed by atoms with E-state index in [0.717, 1.165) is 12.1 Å². The van der Waals surface area contributed by atoms with E-state index in [1.165, 1.54) is 0 Å². The molecule has 0 bridgehead atoms. The second-order valence-electron chi connectivity index (χ2n) is 6.33. The van der Waals surface area contributed by atoms with E-state index in [4.69, 9.17) is 4.74 Å². The lowest BCUT2D eigenvalue weighted by molar-refractivity contribution is 0.0937. The summed E-state index contributed by atoms with van der Waals surface area (Å²) in [6.07, 6.45) is 0.774. The van der Waals surface area contributed by atoms with E-state index in [1.54, 1.807) is 12.1 Å². The zero-order chi connectivity index (χ0) is 18.2. The third-order valence-corrected chi connectivity index (χ3v) is 4.27. The summed E-state index contributed by atoms with van der Waals surface area (Å²) < 4.78 is 5.71. The highest BCUT2D eigenvalue weighted by Crippen LogP contribution is 2.18. The van der Waals surface area contributed by atoms with Crippen LogP contribution in [-0.4, -0.2) is 37.7 Å². The maximum absolute atomic E-state index is 12.1. The second kappa shape index (κ2) is 9.01. The molecule has 2 atom stereocenters. The van der Waals surface area contributed by atoms with Crippen molar-refractivity contribution in [2.24, 2.45) is 5.92 Å². The van der Waals surface area contributed by atoms with Crippen LogP contribution in [0, 0.1) is 5.92 Å². The number of benzene rings is 2. The average molecular weight is 353 g/mol. The van der Waals surface area contributed by atoms with Gasteiger partial charge in [-0.25, -0.2) is 4.79 Å². The molecule has 3 rings (SSSR count). The number of para-hydroxylation sites is 1. The van der Waals surface area contributed by atoms with Gasteiger partial charge in [-0.1, -0.05) is 36.4 Å². The third kappa shape index (κ3) is 5.32. The molecule has 0 aliphatic carbocycles. The summed E-state index contributed by atoms with van der Waals surface area (Å²) >= 11 is 0. The molecular formula is C20H23N3O3. The molecule has 3 N–H and O–H groups in total. The van der Waals surface area contributed by atoms with E-state index in [9.17, 15) is 9.59 Å². The lowest BCUT2D eigenvalue weighted by Gasteiger charge is -2.12. The molecule has 1 aliphatic rings. The molecule has 0 radical (unpaired) electrons. The van der Waals surface area contributed by atoms with Crippen molar-refractivity contribution in [3.63, 3.8) is 0 Å². The molecule has 26 heavy (non-hydrogen) atoms. The summed E-state index contributed by atoms with van der Waals surface area (Å²) in [5, 5.41) is 8.54. The highest BCUT2D eigenvalue weighted by atomic mass is 16.5. The quantitative estimate of drug-likeness (QED) is 0.747. The molecule has 0 spiro atoms. The molecule has 136 valence electrons. The van der Waals surface area contributed by atoms with Crippen LogP contribution in [0.4, 0.5) is 10.5 Å². The summed E-state index contributed by atoms with van der Waals surface area (Å²) in [6, 6.07) is 18.2. The molecule has 3 amide bonds. The number of nitrogens with one attached hydrogen (secondary N) is 3. The molecule has 6 nitrogen and oxygen atoms in total. The first-order chi connectivity index (χ1) is 12.7. The van der Waals surface area contributed by atoms with Gasteiger partial charge >= 0.3 is 6.03 Å². The molecule has 1 fully saturated rings. The van der Waals surface area contributed by atoms with Crippen LogP contribution in [0.2, 0.25) is 0 Å². The van der Waals surface area contributed by atoms with Crippen molar-refractivity contribution in [2.75, 3.05) is 25.0 Å².